The van der Waals surface area contributed by atoms with E-state index in [2.05, 4.69) is 20.7 Å². The van der Waals surface area contributed by atoms with Crippen LogP contribution in [0.2, 0.25) is 0 Å². The largest absolute Gasteiger partial charge is 0.468 e. The molecular formula is C11H13BrO3S. The summed E-state index contributed by atoms with van der Waals surface area (Å²) in [7, 11) is 1.30. The van der Waals surface area contributed by atoms with Gasteiger partial charge in [0.25, 0.3) is 0 Å². The van der Waals surface area contributed by atoms with Crippen molar-refractivity contribution in [3.05, 3.63) is 20.8 Å². The molecule has 0 bridgehead atoms. The van der Waals surface area contributed by atoms with Crippen molar-refractivity contribution in [1.29, 1.82) is 0 Å². The lowest BCUT2D eigenvalue weighted by Crippen LogP contribution is -2.29. The Labute approximate surface area is 107 Å². The van der Waals surface area contributed by atoms with E-state index in [-0.39, 0.29) is 11.7 Å². The van der Waals surface area contributed by atoms with Crippen molar-refractivity contribution in [3.63, 3.8) is 0 Å². The Hall–Kier alpha value is -0.680. The highest BCUT2D eigenvalue weighted by atomic mass is 79.9. The number of carbonyl (C=O) groups is 2. The van der Waals surface area contributed by atoms with Crippen molar-refractivity contribution in [2.75, 3.05) is 7.11 Å². The van der Waals surface area contributed by atoms with Crippen LogP contribution in [-0.4, -0.2) is 18.9 Å². The molecule has 0 aliphatic carbocycles. The summed E-state index contributed by atoms with van der Waals surface area (Å²) < 4.78 is 5.51. The molecule has 88 valence electrons. The van der Waals surface area contributed by atoms with Crippen LogP contribution in [0.4, 0.5) is 0 Å². The minimum Gasteiger partial charge on any atom is -0.468 e. The van der Waals surface area contributed by atoms with Crippen LogP contribution in [0.15, 0.2) is 15.9 Å². The Bertz CT molecular complexity index is 398. The van der Waals surface area contributed by atoms with Crippen LogP contribution in [0.3, 0.4) is 0 Å². The normalized spacial score (nSPS) is 12.6. The first kappa shape index (κ1) is 13.4. The molecule has 1 aromatic heterocycles. The molecule has 5 heteroatoms. The Kier molecular flexibility index (Phi) is 4.68. The lowest BCUT2D eigenvalue weighted by atomic mass is 9.91. The SMILES string of the molecule is COC(=O)C(C(=O)c1cc(Br)cs1)C(C)C. The fourth-order valence-electron chi connectivity index (χ4n) is 1.40. The van der Waals surface area contributed by atoms with Gasteiger partial charge >= 0.3 is 5.97 Å². The van der Waals surface area contributed by atoms with E-state index in [1.54, 1.807) is 6.07 Å². The summed E-state index contributed by atoms with van der Waals surface area (Å²) in [4.78, 5) is 24.2. The first-order valence-corrected chi connectivity index (χ1v) is 6.50. The number of hydrogen-bond donors (Lipinski definition) is 0. The monoisotopic (exact) mass is 304 g/mol. The second kappa shape index (κ2) is 5.59. The summed E-state index contributed by atoms with van der Waals surface area (Å²) in [6.45, 7) is 3.67. The molecule has 3 nitrogen and oxygen atoms in total. The molecule has 0 N–H and O–H groups in total. The maximum Gasteiger partial charge on any atom is 0.316 e. The highest BCUT2D eigenvalue weighted by Crippen LogP contribution is 2.25. The molecule has 0 radical (unpaired) electrons. The Morgan fingerprint density at radius 3 is 2.44 bits per heavy atom. The summed E-state index contributed by atoms with van der Waals surface area (Å²) in [6, 6.07) is 1.73. The molecule has 16 heavy (non-hydrogen) atoms. The van der Waals surface area contributed by atoms with Crippen molar-refractivity contribution in [3.8, 4) is 0 Å². The van der Waals surface area contributed by atoms with Crippen molar-refractivity contribution in [2.24, 2.45) is 11.8 Å². The number of ketones is 1. The van der Waals surface area contributed by atoms with Gasteiger partial charge in [-0.2, -0.15) is 0 Å². The summed E-state index contributed by atoms with van der Waals surface area (Å²) >= 11 is 4.61. The third kappa shape index (κ3) is 2.92. The molecule has 0 aromatic carbocycles. The molecule has 1 rings (SSSR count). The second-order valence-corrected chi connectivity index (χ2v) is 5.57. The molecule has 1 atom stereocenters. The molecule has 1 unspecified atom stereocenters. The van der Waals surface area contributed by atoms with Gasteiger partial charge in [0, 0.05) is 9.85 Å². The number of halogens is 1. The summed E-state index contributed by atoms with van der Waals surface area (Å²) in [5.41, 5.74) is 0. The van der Waals surface area contributed by atoms with Gasteiger partial charge in [-0.15, -0.1) is 11.3 Å². The van der Waals surface area contributed by atoms with Crippen LogP contribution < -0.4 is 0 Å². The average molecular weight is 305 g/mol. The van der Waals surface area contributed by atoms with Crippen LogP contribution in [0.25, 0.3) is 0 Å². The summed E-state index contributed by atoms with van der Waals surface area (Å²) in [5, 5.41) is 1.82. The maximum absolute atomic E-state index is 12.1. The standard InChI is InChI=1S/C11H13BrO3S/c1-6(2)9(11(14)15-3)10(13)8-4-7(12)5-16-8/h4-6,9H,1-3H3. The zero-order valence-electron chi connectivity index (χ0n) is 9.32. The zero-order valence-corrected chi connectivity index (χ0v) is 11.7. The van der Waals surface area contributed by atoms with Gasteiger partial charge in [0.05, 0.1) is 12.0 Å². The van der Waals surface area contributed by atoms with Crippen LogP contribution in [0.1, 0.15) is 23.5 Å². The number of esters is 1. The average Bonchev–Trinajstić information content (AvgIpc) is 2.64. The molecule has 0 saturated heterocycles. The predicted octanol–water partition coefficient (Wildman–Crippen LogP) is 3.14. The van der Waals surface area contributed by atoms with Gasteiger partial charge in [0.1, 0.15) is 5.92 Å². The number of Topliss-reactive ketones (excluding diaryl/α,β-unsaturated/α-hetero) is 1. The van der Waals surface area contributed by atoms with Crippen LogP contribution >= 0.6 is 27.3 Å². The van der Waals surface area contributed by atoms with Gasteiger partial charge in [-0.25, -0.2) is 0 Å². The van der Waals surface area contributed by atoms with Gasteiger partial charge in [-0.05, 0) is 27.9 Å². The van der Waals surface area contributed by atoms with Crippen molar-refractivity contribution >= 4 is 39.0 Å². The highest BCUT2D eigenvalue weighted by Gasteiger charge is 2.32. The van der Waals surface area contributed by atoms with Crippen molar-refractivity contribution in [2.45, 2.75) is 13.8 Å². The molecule has 0 saturated carbocycles. The topological polar surface area (TPSA) is 43.4 Å². The quantitative estimate of drug-likeness (QED) is 0.487. The highest BCUT2D eigenvalue weighted by molar-refractivity contribution is 9.10. The molecular weight excluding hydrogens is 292 g/mol. The van der Waals surface area contributed by atoms with Gasteiger partial charge < -0.3 is 4.74 Å². The van der Waals surface area contributed by atoms with E-state index in [9.17, 15) is 9.59 Å². The maximum atomic E-state index is 12.1. The van der Waals surface area contributed by atoms with E-state index in [0.29, 0.717) is 4.88 Å². The van der Waals surface area contributed by atoms with E-state index < -0.39 is 11.9 Å². The second-order valence-electron chi connectivity index (χ2n) is 3.74. The van der Waals surface area contributed by atoms with Gasteiger partial charge in [0.2, 0.25) is 0 Å². The Morgan fingerprint density at radius 1 is 1.44 bits per heavy atom. The molecule has 0 fully saturated rings. The third-order valence-electron chi connectivity index (χ3n) is 2.21. The lowest BCUT2D eigenvalue weighted by Gasteiger charge is -2.15. The molecule has 0 aliphatic heterocycles. The third-order valence-corrected chi connectivity index (χ3v) is 3.92. The number of thiophene rings is 1. The number of hydrogen-bond acceptors (Lipinski definition) is 4. The number of methoxy groups -OCH3 is 1. The van der Waals surface area contributed by atoms with Crippen LogP contribution in [0, 0.1) is 11.8 Å². The van der Waals surface area contributed by atoms with E-state index >= 15 is 0 Å². The molecule has 1 aromatic rings. The van der Waals surface area contributed by atoms with E-state index in [4.69, 9.17) is 0 Å². The zero-order chi connectivity index (χ0) is 12.3. The molecule has 1 heterocycles. The molecule has 0 spiro atoms. The van der Waals surface area contributed by atoms with E-state index in [1.165, 1.54) is 18.4 Å². The molecule has 0 amide bonds. The van der Waals surface area contributed by atoms with E-state index in [1.807, 2.05) is 19.2 Å². The van der Waals surface area contributed by atoms with Crippen molar-refractivity contribution < 1.29 is 14.3 Å². The van der Waals surface area contributed by atoms with Crippen LogP contribution in [0.5, 0.6) is 0 Å². The lowest BCUT2D eigenvalue weighted by molar-refractivity contribution is -0.144. The number of rotatable bonds is 4. The smallest absolute Gasteiger partial charge is 0.316 e. The molecule has 0 aliphatic rings. The fourth-order valence-corrected chi connectivity index (χ4v) is 2.81. The summed E-state index contributed by atoms with van der Waals surface area (Å²) in [6.07, 6.45) is 0. The number of ether oxygens (including phenoxy) is 1. The Balaban J connectivity index is 2.96. The van der Waals surface area contributed by atoms with Gasteiger partial charge in [-0.1, -0.05) is 13.8 Å². The fraction of sp³-hybridized carbons (Fsp3) is 0.455. The first-order chi connectivity index (χ1) is 7.47. The van der Waals surface area contributed by atoms with Crippen molar-refractivity contribution in [1.82, 2.24) is 0 Å². The van der Waals surface area contributed by atoms with Gasteiger partial charge in [-0.3, -0.25) is 9.59 Å². The number of carbonyl (C=O) groups excluding carboxylic acids is 2. The van der Waals surface area contributed by atoms with Gasteiger partial charge in [0.15, 0.2) is 5.78 Å². The van der Waals surface area contributed by atoms with Crippen LogP contribution in [-0.2, 0) is 9.53 Å². The minimum absolute atomic E-state index is 0.0687. The Morgan fingerprint density at radius 2 is 2.06 bits per heavy atom. The first-order valence-electron chi connectivity index (χ1n) is 4.83. The van der Waals surface area contributed by atoms with E-state index in [0.717, 1.165) is 4.47 Å². The predicted molar refractivity (Wildman–Crippen MR) is 66.7 cm³/mol. The minimum atomic E-state index is -0.712. The summed E-state index contributed by atoms with van der Waals surface area (Å²) in [5.74, 6) is -1.42.